The number of amides is 1. The van der Waals surface area contributed by atoms with Crippen molar-refractivity contribution in [3.8, 4) is 0 Å². The minimum absolute atomic E-state index is 0.0337. The number of hydrogen-bond donors (Lipinski definition) is 1. The molecule has 1 amide bonds. The third-order valence-electron chi connectivity index (χ3n) is 2.09. The van der Waals surface area contributed by atoms with Crippen LogP contribution in [0, 0.1) is 0 Å². The van der Waals surface area contributed by atoms with E-state index in [1.54, 1.807) is 6.92 Å². The molecule has 5 nitrogen and oxygen atoms in total. The minimum atomic E-state index is -4.42. The fraction of sp³-hybridized carbons (Fsp3) is 0.700. The van der Waals surface area contributed by atoms with Gasteiger partial charge in [-0.25, -0.2) is 0 Å². The zero-order chi connectivity index (χ0) is 14.5. The third-order valence-corrected chi connectivity index (χ3v) is 2.96. The predicted molar refractivity (Wildman–Crippen MR) is 66.3 cm³/mol. The molecule has 0 spiro atoms. The van der Waals surface area contributed by atoms with E-state index in [9.17, 15) is 18.0 Å². The molecule has 1 rings (SSSR count). The summed E-state index contributed by atoms with van der Waals surface area (Å²) in [5.41, 5.74) is 0. The fourth-order valence-corrected chi connectivity index (χ4v) is 2.19. The Hall–Kier alpha value is -1.38. The maximum absolute atomic E-state index is 12.4. The molecule has 0 aliphatic heterocycles. The molecule has 0 saturated heterocycles. The number of anilines is 1. The van der Waals surface area contributed by atoms with E-state index in [4.69, 9.17) is 0 Å². The number of nitrogens with one attached hydrogen (secondary N) is 1. The summed E-state index contributed by atoms with van der Waals surface area (Å²) in [6, 6.07) is 0. The maximum Gasteiger partial charge on any atom is 0.406 e. The lowest BCUT2D eigenvalue weighted by atomic mass is 10.4. The van der Waals surface area contributed by atoms with E-state index in [-0.39, 0.29) is 11.6 Å². The van der Waals surface area contributed by atoms with Crippen LogP contribution in [-0.4, -0.2) is 46.8 Å². The number of hydrogen-bond acceptors (Lipinski definition) is 5. The SMILES string of the molecule is CCCN(CC(F)(F)F)C(=O)c1nnc(NCC)s1. The summed E-state index contributed by atoms with van der Waals surface area (Å²) >= 11 is 0.954. The molecule has 19 heavy (non-hydrogen) atoms. The molecule has 108 valence electrons. The van der Waals surface area contributed by atoms with Crippen molar-refractivity contribution >= 4 is 22.4 Å². The van der Waals surface area contributed by atoms with E-state index >= 15 is 0 Å². The van der Waals surface area contributed by atoms with E-state index in [1.807, 2.05) is 6.92 Å². The first-order chi connectivity index (χ1) is 8.87. The van der Waals surface area contributed by atoms with E-state index in [1.165, 1.54) is 0 Å². The van der Waals surface area contributed by atoms with Gasteiger partial charge in [0.15, 0.2) is 0 Å². The van der Waals surface area contributed by atoms with Crippen LogP contribution in [0.25, 0.3) is 0 Å². The van der Waals surface area contributed by atoms with Crippen molar-refractivity contribution in [1.29, 1.82) is 0 Å². The minimum Gasteiger partial charge on any atom is -0.360 e. The first kappa shape index (κ1) is 15.7. The molecule has 0 aliphatic carbocycles. The van der Waals surface area contributed by atoms with Crippen LogP contribution < -0.4 is 5.32 Å². The smallest absolute Gasteiger partial charge is 0.360 e. The predicted octanol–water partition coefficient (Wildman–Crippen LogP) is 2.38. The van der Waals surface area contributed by atoms with Gasteiger partial charge in [-0.3, -0.25) is 4.79 Å². The second-order valence-electron chi connectivity index (χ2n) is 3.78. The van der Waals surface area contributed by atoms with Gasteiger partial charge >= 0.3 is 6.18 Å². The Kier molecular flexibility index (Phi) is 5.52. The van der Waals surface area contributed by atoms with Crippen molar-refractivity contribution in [2.75, 3.05) is 25.0 Å². The molecule has 0 unspecified atom stereocenters. The summed E-state index contributed by atoms with van der Waals surface area (Å²) in [7, 11) is 0. The van der Waals surface area contributed by atoms with Gasteiger partial charge in [0.2, 0.25) is 10.1 Å². The number of nitrogens with zero attached hydrogens (tertiary/aromatic N) is 3. The molecule has 0 bridgehead atoms. The lowest BCUT2D eigenvalue weighted by Gasteiger charge is -2.21. The average molecular weight is 296 g/mol. The van der Waals surface area contributed by atoms with Gasteiger partial charge in [-0.15, -0.1) is 10.2 Å². The molecule has 0 aliphatic rings. The summed E-state index contributed by atoms with van der Waals surface area (Å²) in [4.78, 5) is 12.7. The Morgan fingerprint density at radius 2 is 2.05 bits per heavy atom. The van der Waals surface area contributed by atoms with Crippen molar-refractivity contribution < 1.29 is 18.0 Å². The van der Waals surface area contributed by atoms with Crippen molar-refractivity contribution in [2.24, 2.45) is 0 Å². The second kappa shape index (κ2) is 6.69. The van der Waals surface area contributed by atoms with Crippen molar-refractivity contribution in [3.05, 3.63) is 5.01 Å². The molecule has 1 aromatic rings. The molecule has 9 heteroatoms. The maximum atomic E-state index is 12.4. The molecule has 0 fully saturated rings. The summed E-state index contributed by atoms with van der Waals surface area (Å²) in [5, 5.41) is 10.6. The van der Waals surface area contributed by atoms with Crippen LogP contribution in [0.3, 0.4) is 0 Å². The number of alkyl halides is 3. The van der Waals surface area contributed by atoms with Gasteiger partial charge in [0, 0.05) is 13.1 Å². The highest BCUT2D eigenvalue weighted by molar-refractivity contribution is 7.17. The van der Waals surface area contributed by atoms with Gasteiger partial charge in [-0.05, 0) is 13.3 Å². The Bertz CT molecular complexity index is 421. The normalized spacial score (nSPS) is 11.4. The number of halogens is 3. The summed E-state index contributed by atoms with van der Waals surface area (Å²) in [6.45, 7) is 2.92. The molecule has 0 aromatic carbocycles. The Morgan fingerprint density at radius 1 is 1.37 bits per heavy atom. The topological polar surface area (TPSA) is 58.1 Å². The van der Waals surface area contributed by atoms with E-state index in [0.717, 1.165) is 16.2 Å². The first-order valence-corrected chi connectivity index (χ1v) is 6.62. The van der Waals surface area contributed by atoms with Crippen LogP contribution in [0.15, 0.2) is 0 Å². The molecule has 1 heterocycles. The van der Waals surface area contributed by atoms with E-state index in [2.05, 4.69) is 15.5 Å². The Labute approximate surface area is 112 Å². The molecular formula is C10H15F3N4OS. The fourth-order valence-electron chi connectivity index (χ4n) is 1.41. The highest BCUT2D eigenvalue weighted by Crippen LogP contribution is 2.21. The Morgan fingerprint density at radius 3 is 2.58 bits per heavy atom. The number of carbonyl (C=O) groups excluding carboxylic acids is 1. The lowest BCUT2D eigenvalue weighted by molar-refractivity contribution is -0.140. The number of rotatable bonds is 6. The van der Waals surface area contributed by atoms with Crippen LogP contribution in [-0.2, 0) is 0 Å². The van der Waals surface area contributed by atoms with Gasteiger partial charge in [0.25, 0.3) is 5.91 Å². The van der Waals surface area contributed by atoms with E-state index < -0.39 is 18.6 Å². The zero-order valence-corrected chi connectivity index (χ0v) is 11.4. The molecular weight excluding hydrogens is 281 g/mol. The van der Waals surface area contributed by atoms with Gasteiger partial charge in [0.1, 0.15) is 6.54 Å². The van der Waals surface area contributed by atoms with Crippen molar-refractivity contribution in [1.82, 2.24) is 15.1 Å². The molecule has 0 saturated carbocycles. The number of carbonyl (C=O) groups is 1. The lowest BCUT2D eigenvalue weighted by Crippen LogP contribution is -2.39. The standard InChI is InChI=1S/C10H15F3N4OS/c1-3-5-17(6-10(11,12)13)8(18)7-15-16-9(19-7)14-4-2/h3-6H2,1-2H3,(H,14,16). The molecule has 1 N–H and O–H groups in total. The summed E-state index contributed by atoms with van der Waals surface area (Å²) in [6.07, 6.45) is -3.97. The summed E-state index contributed by atoms with van der Waals surface area (Å²) < 4.78 is 37.2. The largest absolute Gasteiger partial charge is 0.406 e. The van der Waals surface area contributed by atoms with Gasteiger partial charge in [-0.1, -0.05) is 18.3 Å². The second-order valence-corrected chi connectivity index (χ2v) is 4.76. The molecule has 0 radical (unpaired) electrons. The summed E-state index contributed by atoms with van der Waals surface area (Å²) in [5.74, 6) is -0.735. The van der Waals surface area contributed by atoms with Crippen LogP contribution in [0.2, 0.25) is 0 Å². The highest BCUT2D eigenvalue weighted by atomic mass is 32.1. The monoisotopic (exact) mass is 296 g/mol. The van der Waals surface area contributed by atoms with E-state index in [0.29, 0.717) is 18.1 Å². The molecule has 1 aromatic heterocycles. The quantitative estimate of drug-likeness (QED) is 0.875. The Balaban J connectivity index is 2.79. The van der Waals surface area contributed by atoms with Gasteiger partial charge in [0.05, 0.1) is 0 Å². The van der Waals surface area contributed by atoms with Gasteiger partial charge in [-0.2, -0.15) is 13.2 Å². The van der Waals surface area contributed by atoms with Crippen molar-refractivity contribution in [2.45, 2.75) is 26.4 Å². The number of aromatic nitrogens is 2. The van der Waals surface area contributed by atoms with Crippen LogP contribution in [0.1, 0.15) is 30.1 Å². The van der Waals surface area contributed by atoms with Crippen molar-refractivity contribution in [3.63, 3.8) is 0 Å². The zero-order valence-electron chi connectivity index (χ0n) is 10.6. The highest BCUT2D eigenvalue weighted by Gasteiger charge is 2.34. The van der Waals surface area contributed by atoms with Gasteiger partial charge < -0.3 is 10.2 Å². The van der Waals surface area contributed by atoms with Crippen LogP contribution >= 0.6 is 11.3 Å². The first-order valence-electron chi connectivity index (χ1n) is 5.80. The molecule has 0 atom stereocenters. The van der Waals surface area contributed by atoms with Crippen LogP contribution in [0.5, 0.6) is 0 Å². The third kappa shape index (κ3) is 5.01. The average Bonchev–Trinajstić information content (AvgIpc) is 2.75. The van der Waals surface area contributed by atoms with Crippen LogP contribution in [0.4, 0.5) is 18.3 Å².